The number of nitrogens with zero attached hydrogens (tertiary/aromatic N) is 1. The summed E-state index contributed by atoms with van der Waals surface area (Å²) in [5.74, 6) is -7.46. The van der Waals surface area contributed by atoms with Gasteiger partial charge in [-0.2, -0.15) is 0 Å². The van der Waals surface area contributed by atoms with Gasteiger partial charge in [0.25, 0.3) is 11.7 Å². The summed E-state index contributed by atoms with van der Waals surface area (Å²) in [4.78, 5) is 57.9. The molecule has 13 nitrogen and oxygen atoms in total. The molecule has 0 aromatic carbocycles. The number of hydrogen-bond donors (Lipinski definition) is 3. The smallest absolute Gasteiger partial charge is 0.329 e. The molecule has 2 bridgehead atoms. The first-order valence-corrected chi connectivity index (χ1v) is 21.3. The van der Waals surface area contributed by atoms with Gasteiger partial charge in [0.15, 0.2) is 0 Å². The van der Waals surface area contributed by atoms with Gasteiger partial charge in [0, 0.05) is 52.0 Å². The quantitative estimate of drug-likeness (QED) is 0.181. The van der Waals surface area contributed by atoms with Crippen LogP contribution >= 0.6 is 0 Å². The van der Waals surface area contributed by atoms with Crippen molar-refractivity contribution in [3.8, 4) is 0 Å². The van der Waals surface area contributed by atoms with Crippen molar-refractivity contribution in [1.82, 2.24) is 4.90 Å². The summed E-state index contributed by atoms with van der Waals surface area (Å²) in [6.45, 7) is 11.4. The highest BCUT2D eigenvalue weighted by molar-refractivity contribution is 6.39. The molecule has 0 radical (unpaired) electrons. The molecular formula is C44H71NO12. The molecule has 2 saturated heterocycles. The molecule has 0 unspecified atom stereocenters. The first kappa shape index (κ1) is 47.2. The fourth-order valence-electron chi connectivity index (χ4n) is 9.60. The Bertz CT molecular complexity index is 1450. The Labute approximate surface area is 339 Å². The Morgan fingerprint density at radius 2 is 1.58 bits per heavy atom. The number of carbonyl (C=O) groups is 4. The minimum atomic E-state index is -2.50. The second kappa shape index (κ2) is 21.1. The van der Waals surface area contributed by atoms with Gasteiger partial charge in [-0.1, -0.05) is 51.8 Å². The lowest BCUT2D eigenvalue weighted by atomic mass is 9.81. The standard InChI is InChI=1S/C44H71NO12/c1-10-13-31-19-25(2)18-26(3)20-37(54-8)40-38(55-9)22-28(5)44(52,57-40)41(49)42(50)45-17-12-11-14-32(45)43(51)56-39(29(6)34(47)24-35(31)48)27(4)21-30-15-16-33(46)36(23-30)53-7/h19,21,26,28-34,36-40,46-47,52H,10-18,20,22-24H2,1-9H3/b25-19+,27-21+/t26-,28+,29+,30-,31+,32-,33+,34-,36+,37-,38-,39-,40+,44+/m0/s1. The minimum Gasteiger partial charge on any atom is -0.456 e. The Morgan fingerprint density at radius 3 is 2.23 bits per heavy atom. The van der Waals surface area contributed by atoms with Crippen molar-refractivity contribution in [3.05, 3.63) is 23.3 Å². The topological polar surface area (TPSA) is 178 Å². The number of rotatable bonds is 7. The Kier molecular flexibility index (Phi) is 17.5. The zero-order valence-electron chi connectivity index (χ0n) is 35.8. The van der Waals surface area contributed by atoms with Gasteiger partial charge in [-0.05, 0) is 95.5 Å². The van der Waals surface area contributed by atoms with E-state index in [4.69, 9.17) is 23.7 Å². The van der Waals surface area contributed by atoms with E-state index in [2.05, 4.69) is 6.92 Å². The van der Waals surface area contributed by atoms with Crippen molar-refractivity contribution in [2.24, 2.45) is 29.6 Å². The van der Waals surface area contributed by atoms with Gasteiger partial charge in [-0.3, -0.25) is 14.4 Å². The molecule has 0 aromatic heterocycles. The molecule has 4 aliphatic rings. The van der Waals surface area contributed by atoms with Crippen LogP contribution in [-0.2, 0) is 42.9 Å². The SMILES string of the molecule is CCC[C@@H]1/C=C(\C)C[C@H](C)C[C@H](OC)[C@H]2O[C@@](O)(C(=O)C(=O)N3CCCC[C@H]3C(=O)O[C@@H](/C(C)=C/[C@@H]3CC[C@@H](O)[C@H](OC)C3)[C@H](C)[C@@H](O)CC1=O)[C@H](C)C[C@@H]2OC. The van der Waals surface area contributed by atoms with E-state index in [9.17, 15) is 34.5 Å². The van der Waals surface area contributed by atoms with E-state index in [1.54, 1.807) is 21.0 Å². The molecule has 3 N–H and O–H groups in total. The Hall–Kier alpha value is -2.52. The molecular weight excluding hydrogens is 734 g/mol. The Balaban J connectivity index is 1.77. The van der Waals surface area contributed by atoms with Crippen LogP contribution in [0.25, 0.3) is 0 Å². The molecule has 14 atom stereocenters. The van der Waals surface area contributed by atoms with Gasteiger partial charge in [-0.15, -0.1) is 0 Å². The van der Waals surface area contributed by atoms with Crippen molar-refractivity contribution >= 4 is 23.4 Å². The predicted octanol–water partition coefficient (Wildman–Crippen LogP) is 4.86. The fraction of sp³-hybridized carbons (Fsp3) is 0.818. The highest BCUT2D eigenvalue weighted by atomic mass is 16.7. The van der Waals surface area contributed by atoms with Crippen molar-refractivity contribution in [1.29, 1.82) is 0 Å². The molecule has 57 heavy (non-hydrogen) atoms. The molecule has 4 rings (SSSR count). The molecule has 1 aliphatic carbocycles. The van der Waals surface area contributed by atoms with Crippen molar-refractivity contribution in [2.45, 2.75) is 173 Å². The van der Waals surface area contributed by atoms with E-state index < -0.39 is 83.9 Å². The van der Waals surface area contributed by atoms with E-state index in [1.165, 1.54) is 19.1 Å². The summed E-state index contributed by atoms with van der Waals surface area (Å²) in [6.07, 6.45) is 4.60. The van der Waals surface area contributed by atoms with Crippen LogP contribution in [0.1, 0.15) is 119 Å². The summed E-state index contributed by atoms with van der Waals surface area (Å²) in [7, 11) is 4.64. The Morgan fingerprint density at radius 1 is 0.912 bits per heavy atom. The average Bonchev–Trinajstić information content (AvgIpc) is 3.18. The number of carbonyl (C=O) groups excluding carboxylic acids is 4. The minimum absolute atomic E-state index is 0.000416. The molecule has 3 fully saturated rings. The number of aliphatic hydroxyl groups excluding tert-OH is 2. The molecule has 1 saturated carbocycles. The van der Waals surface area contributed by atoms with Crippen LogP contribution in [0, 0.1) is 29.6 Å². The first-order chi connectivity index (χ1) is 27.0. The van der Waals surface area contributed by atoms with Gasteiger partial charge in [0.05, 0.1) is 30.5 Å². The number of hydrogen-bond acceptors (Lipinski definition) is 12. The molecule has 3 heterocycles. The number of Topliss-reactive ketones (excluding diaryl/α,β-unsaturated/α-hetero) is 2. The van der Waals surface area contributed by atoms with Crippen LogP contribution < -0.4 is 0 Å². The third kappa shape index (κ3) is 11.4. The molecule has 0 aromatic rings. The lowest BCUT2D eigenvalue weighted by Gasteiger charge is -2.47. The van der Waals surface area contributed by atoms with E-state index in [0.29, 0.717) is 56.9 Å². The van der Waals surface area contributed by atoms with Crippen LogP contribution in [-0.4, -0.2) is 126 Å². The number of aliphatic hydroxyl groups is 3. The molecule has 1 amide bonds. The van der Waals surface area contributed by atoms with E-state index in [1.807, 2.05) is 32.9 Å². The number of cyclic esters (lactones) is 1. The van der Waals surface area contributed by atoms with Crippen LogP contribution in [0.5, 0.6) is 0 Å². The maximum absolute atomic E-state index is 14.3. The number of methoxy groups -OCH3 is 3. The monoisotopic (exact) mass is 805 g/mol. The van der Waals surface area contributed by atoms with Gasteiger partial charge >= 0.3 is 5.97 Å². The van der Waals surface area contributed by atoms with Crippen LogP contribution in [0.15, 0.2) is 23.3 Å². The zero-order chi connectivity index (χ0) is 42.2. The first-order valence-electron chi connectivity index (χ1n) is 21.3. The summed E-state index contributed by atoms with van der Waals surface area (Å²) < 4.78 is 29.8. The van der Waals surface area contributed by atoms with Crippen molar-refractivity contribution in [2.75, 3.05) is 27.9 Å². The highest BCUT2D eigenvalue weighted by Gasteiger charge is 2.56. The van der Waals surface area contributed by atoms with E-state index in [-0.39, 0.29) is 49.5 Å². The maximum Gasteiger partial charge on any atom is 0.329 e. The number of allylic oxidation sites excluding steroid dienone is 3. The number of piperidine rings is 1. The van der Waals surface area contributed by atoms with Crippen molar-refractivity contribution < 1.29 is 58.2 Å². The number of fused-ring (bicyclic) bond motifs is 3. The largest absolute Gasteiger partial charge is 0.456 e. The normalized spacial score (nSPS) is 41.1. The van der Waals surface area contributed by atoms with E-state index in [0.717, 1.165) is 12.0 Å². The second-order valence-electron chi connectivity index (χ2n) is 17.5. The highest BCUT2D eigenvalue weighted by Crippen LogP contribution is 2.39. The second-order valence-corrected chi connectivity index (χ2v) is 17.5. The number of amides is 1. The summed E-state index contributed by atoms with van der Waals surface area (Å²) in [5.41, 5.74) is 1.67. The van der Waals surface area contributed by atoms with Crippen LogP contribution in [0.3, 0.4) is 0 Å². The average molecular weight is 806 g/mol. The fourth-order valence-corrected chi connectivity index (χ4v) is 9.60. The zero-order valence-corrected chi connectivity index (χ0v) is 35.8. The third-order valence-corrected chi connectivity index (χ3v) is 13.1. The van der Waals surface area contributed by atoms with E-state index >= 15 is 0 Å². The maximum atomic E-state index is 14.3. The number of ether oxygens (including phenoxy) is 5. The molecule has 13 heteroatoms. The summed E-state index contributed by atoms with van der Waals surface area (Å²) in [6, 6.07) is -1.13. The third-order valence-electron chi connectivity index (χ3n) is 13.1. The summed E-state index contributed by atoms with van der Waals surface area (Å²) >= 11 is 0. The lowest BCUT2D eigenvalue weighted by molar-refractivity contribution is -0.302. The molecule has 0 spiro atoms. The molecule has 3 aliphatic heterocycles. The lowest BCUT2D eigenvalue weighted by Crippen LogP contribution is -2.64. The van der Waals surface area contributed by atoms with Gasteiger partial charge in [-0.25, -0.2) is 4.79 Å². The van der Waals surface area contributed by atoms with Gasteiger partial charge in [0.1, 0.15) is 24.0 Å². The van der Waals surface area contributed by atoms with Crippen LogP contribution in [0.2, 0.25) is 0 Å². The number of ketones is 2. The van der Waals surface area contributed by atoms with Gasteiger partial charge < -0.3 is 43.9 Å². The van der Waals surface area contributed by atoms with Gasteiger partial charge in [0.2, 0.25) is 5.79 Å². The summed E-state index contributed by atoms with van der Waals surface area (Å²) in [5, 5.41) is 34.2. The van der Waals surface area contributed by atoms with Crippen LogP contribution in [0.4, 0.5) is 0 Å². The van der Waals surface area contributed by atoms with Crippen molar-refractivity contribution in [3.63, 3.8) is 0 Å². The number of esters is 1. The predicted molar refractivity (Wildman–Crippen MR) is 213 cm³/mol. The molecule has 324 valence electrons.